The first-order valence-corrected chi connectivity index (χ1v) is 12.7. The summed E-state index contributed by atoms with van der Waals surface area (Å²) >= 11 is 0. The van der Waals surface area contributed by atoms with E-state index in [4.69, 9.17) is 10.7 Å². The van der Waals surface area contributed by atoms with Gasteiger partial charge in [-0.05, 0) is 49.7 Å². The molecule has 196 valence electrons. The Morgan fingerprint density at radius 3 is 2.65 bits per heavy atom. The number of nitrogens with two attached hydrogens (primary N) is 1. The molecule has 2 atom stereocenters. The molecule has 5 rings (SSSR count). The molecule has 0 unspecified atom stereocenters. The minimum atomic E-state index is -0.667. The third-order valence-corrected chi connectivity index (χ3v) is 7.56. The molecular weight excluding hydrogens is 470 g/mol. The number of piperidine rings is 1. The number of nitrogens with zero attached hydrogens (tertiary/aromatic N) is 6. The molecule has 0 radical (unpaired) electrons. The van der Waals surface area contributed by atoms with Crippen LogP contribution in [0.4, 0.5) is 17.3 Å². The minimum Gasteiger partial charge on any atom is -0.364 e. The summed E-state index contributed by atoms with van der Waals surface area (Å²) in [6, 6.07) is 1.97. The summed E-state index contributed by atoms with van der Waals surface area (Å²) in [6.45, 7) is 7.37. The molecule has 0 bridgehead atoms. The van der Waals surface area contributed by atoms with Crippen LogP contribution in [0.15, 0.2) is 24.7 Å². The van der Waals surface area contributed by atoms with Gasteiger partial charge >= 0.3 is 0 Å². The quantitative estimate of drug-likeness (QED) is 0.468. The third kappa shape index (κ3) is 4.77. The summed E-state index contributed by atoms with van der Waals surface area (Å²) in [7, 11) is 3.79. The Morgan fingerprint density at radius 2 is 1.97 bits per heavy atom. The Kier molecular flexibility index (Phi) is 6.17. The Hall–Kier alpha value is -3.89. The second kappa shape index (κ2) is 9.20. The second-order valence-electron chi connectivity index (χ2n) is 11.1. The van der Waals surface area contributed by atoms with E-state index in [0.29, 0.717) is 17.2 Å². The van der Waals surface area contributed by atoms with E-state index < -0.39 is 5.91 Å². The van der Waals surface area contributed by atoms with Crippen molar-refractivity contribution in [3.05, 3.63) is 47.3 Å². The number of fused-ring (bicyclic) bond motifs is 1. The van der Waals surface area contributed by atoms with Crippen molar-refractivity contribution >= 4 is 29.1 Å². The largest absolute Gasteiger partial charge is 0.364 e. The lowest BCUT2D eigenvalue weighted by atomic mass is 9.90. The molecule has 0 saturated carbocycles. The Bertz CT molecular complexity index is 1360. The number of hydrogen-bond acceptors (Lipinski definition) is 7. The van der Waals surface area contributed by atoms with E-state index in [9.17, 15) is 9.59 Å². The molecule has 11 nitrogen and oxygen atoms in total. The van der Waals surface area contributed by atoms with Crippen molar-refractivity contribution in [3.8, 4) is 0 Å². The van der Waals surface area contributed by atoms with Gasteiger partial charge in [0.05, 0.1) is 18.1 Å². The molecule has 1 fully saturated rings. The first-order valence-electron chi connectivity index (χ1n) is 12.7. The number of aryl methyl sites for hydroxylation is 1. The molecule has 1 saturated heterocycles. The standard InChI is InChI=1S/C26H35N9O2/c1-15-18(31-25(37)19-9-16-10-26(2,3)11-20(16)34(19)5)7-6-8-35(15)21-13-28-22(23(27)36)24(32-21)30-17-12-29-33(4)14-17/h9,12-15,18H,6-8,10-11H2,1-5H3,(H2,27,36)(H,30,32)(H,31,37)/t15-,18-/m1/s1. The average Bonchev–Trinajstić information content (AvgIpc) is 3.47. The highest BCUT2D eigenvalue weighted by atomic mass is 16.2. The van der Waals surface area contributed by atoms with E-state index in [-0.39, 0.29) is 34.9 Å². The summed E-state index contributed by atoms with van der Waals surface area (Å²) in [6.07, 6.45) is 8.70. The van der Waals surface area contributed by atoms with Crippen molar-refractivity contribution in [2.45, 2.75) is 58.5 Å². The zero-order chi connectivity index (χ0) is 26.5. The van der Waals surface area contributed by atoms with Crippen molar-refractivity contribution in [1.82, 2.24) is 29.6 Å². The fourth-order valence-corrected chi connectivity index (χ4v) is 5.65. The van der Waals surface area contributed by atoms with Crippen LogP contribution in [0.1, 0.15) is 65.8 Å². The fraction of sp³-hybridized carbons (Fsp3) is 0.500. The minimum absolute atomic E-state index is 0.0243. The molecule has 1 aliphatic carbocycles. The number of rotatable bonds is 6. The molecule has 3 aromatic heterocycles. The lowest BCUT2D eigenvalue weighted by Gasteiger charge is -2.40. The number of carbonyl (C=O) groups is 2. The highest BCUT2D eigenvalue weighted by Crippen LogP contribution is 2.37. The molecule has 4 N–H and O–H groups in total. The van der Waals surface area contributed by atoms with Gasteiger partial charge in [-0.1, -0.05) is 13.8 Å². The van der Waals surface area contributed by atoms with Gasteiger partial charge in [0.15, 0.2) is 11.5 Å². The first kappa shape index (κ1) is 24.8. The highest BCUT2D eigenvalue weighted by molar-refractivity contribution is 5.96. The zero-order valence-electron chi connectivity index (χ0n) is 22.1. The van der Waals surface area contributed by atoms with Gasteiger partial charge in [-0.15, -0.1) is 0 Å². The van der Waals surface area contributed by atoms with Crippen LogP contribution < -0.4 is 21.3 Å². The zero-order valence-corrected chi connectivity index (χ0v) is 22.1. The van der Waals surface area contributed by atoms with Crippen molar-refractivity contribution in [2.75, 3.05) is 16.8 Å². The van der Waals surface area contributed by atoms with Gasteiger partial charge in [-0.25, -0.2) is 9.97 Å². The highest BCUT2D eigenvalue weighted by Gasteiger charge is 2.35. The lowest BCUT2D eigenvalue weighted by molar-refractivity contribution is 0.0914. The second-order valence-corrected chi connectivity index (χ2v) is 11.1. The molecular formula is C26H35N9O2. The summed E-state index contributed by atoms with van der Waals surface area (Å²) in [4.78, 5) is 36.4. The third-order valence-electron chi connectivity index (χ3n) is 7.56. The summed E-state index contributed by atoms with van der Waals surface area (Å²) in [5.74, 6) is 0.170. The summed E-state index contributed by atoms with van der Waals surface area (Å²) in [5, 5.41) is 10.5. The molecule has 11 heteroatoms. The SMILES string of the molecule is C[C@@H]1[C@H](NC(=O)c2cc3c(n2C)CC(C)(C)C3)CCCN1c1cnc(C(N)=O)c(Nc2cnn(C)c2)n1. The molecule has 1 aliphatic heterocycles. The molecule has 4 heterocycles. The number of aromatic nitrogens is 5. The Morgan fingerprint density at radius 1 is 1.19 bits per heavy atom. The van der Waals surface area contributed by atoms with Crippen LogP contribution in [-0.4, -0.2) is 54.8 Å². The van der Waals surface area contributed by atoms with E-state index in [1.807, 2.05) is 7.05 Å². The maximum atomic E-state index is 13.3. The van der Waals surface area contributed by atoms with Crippen molar-refractivity contribution in [3.63, 3.8) is 0 Å². The van der Waals surface area contributed by atoms with E-state index >= 15 is 0 Å². The number of primary amides is 1. The van der Waals surface area contributed by atoms with Gasteiger partial charge in [-0.3, -0.25) is 14.3 Å². The van der Waals surface area contributed by atoms with E-state index in [1.54, 1.807) is 30.3 Å². The van der Waals surface area contributed by atoms with E-state index in [1.165, 1.54) is 11.3 Å². The molecule has 2 amide bonds. The maximum Gasteiger partial charge on any atom is 0.271 e. The van der Waals surface area contributed by atoms with Crippen LogP contribution in [-0.2, 0) is 26.9 Å². The smallest absolute Gasteiger partial charge is 0.271 e. The number of anilines is 3. The van der Waals surface area contributed by atoms with Crippen LogP contribution in [0.3, 0.4) is 0 Å². The van der Waals surface area contributed by atoms with Crippen molar-refractivity contribution < 1.29 is 9.59 Å². The lowest BCUT2D eigenvalue weighted by Crippen LogP contribution is -2.54. The monoisotopic (exact) mass is 505 g/mol. The van der Waals surface area contributed by atoms with Gasteiger partial charge in [0, 0.05) is 44.6 Å². The van der Waals surface area contributed by atoms with Gasteiger partial charge in [0.25, 0.3) is 11.8 Å². The number of carbonyl (C=O) groups excluding carboxylic acids is 2. The van der Waals surface area contributed by atoms with Crippen molar-refractivity contribution in [2.24, 2.45) is 25.2 Å². The maximum absolute atomic E-state index is 13.3. The molecule has 2 aliphatic rings. The van der Waals surface area contributed by atoms with Crippen LogP contribution in [0, 0.1) is 5.41 Å². The number of hydrogen-bond donors (Lipinski definition) is 3. The van der Waals surface area contributed by atoms with E-state index in [0.717, 1.165) is 32.2 Å². The Labute approximate surface area is 216 Å². The van der Waals surface area contributed by atoms with Crippen LogP contribution in [0.5, 0.6) is 0 Å². The normalized spacial score (nSPS) is 20.5. The van der Waals surface area contributed by atoms with Crippen molar-refractivity contribution in [1.29, 1.82) is 0 Å². The van der Waals surface area contributed by atoms with Gasteiger partial charge in [0.1, 0.15) is 11.5 Å². The summed E-state index contributed by atoms with van der Waals surface area (Å²) < 4.78 is 3.70. The van der Waals surface area contributed by atoms with E-state index in [2.05, 4.69) is 57.0 Å². The molecule has 0 aromatic carbocycles. The molecule has 3 aromatic rings. The molecule has 0 spiro atoms. The average molecular weight is 506 g/mol. The predicted molar refractivity (Wildman–Crippen MR) is 141 cm³/mol. The summed E-state index contributed by atoms with van der Waals surface area (Å²) in [5.41, 5.74) is 9.76. The van der Waals surface area contributed by atoms with Crippen LogP contribution >= 0.6 is 0 Å². The molecule has 37 heavy (non-hydrogen) atoms. The number of nitrogens with one attached hydrogen (secondary N) is 2. The van der Waals surface area contributed by atoms with Gasteiger partial charge in [-0.2, -0.15) is 5.10 Å². The van der Waals surface area contributed by atoms with Gasteiger partial charge < -0.3 is 25.8 Å². The van der Waals surface area contributed by atoms with Crippen LogP contribution in [0.25, 0.3) is 0 Å². The first-order chi connectivity index (χ1) is 17.5. The fourth-order valence-electron chi connectivity index (χ4n) is 5.65. The van der Waals surface area contributed by atoms with Crippen LogP contribution in [0.2, 0.25) is 0 Å². The number of amides is 2. The van der Waals surface area contributed by atoms with Gasteiger partial charge in [0.2, 0.25) is 0 Å². The Balaban J connectivity index is 1.34. The predicted octanol–water partition coefficient (Wildman–Crippen LogP) is 2.30. The topological polar surface area (TPSA) is 136 Å².